The van der Waals surface area contributed by atoms with Gasteiger partial charge in [-0.25, -0.2) is 0 Å². The Morgan fingerprint density at radius 3 is 2.69 bits per heavy atom. The lowest BCUT2D eigenvalue weighted by molar-refractivity contribution is 0.440. The molecule has 0 amide bonds. The summed E-state index contributed by atoms with van der Waals surface area (Å²) in [4.78, 5) is 0. The van der Waals surface area contributed by atoms with Gasteiger partial charge in [-0.15, -0.1) is 0 Å². The molecule has 1 fully saturated rings. The summed E-state index contributed by atoms with van der Waals surface area (Å²) >= 11 is 0. The lowest BCUT2D eigenvalue weighted by Crippen LogP contribution is -2.16. The summed E-state index contributed by atoms with van der Waals surface area (Å²) in [7, 11) is 0. The minimum Gasteiger partial charge on any atom is -0.397 e. The average Bonchev–Trinajstić information content (AvgIpc) is 2.66. The van der Waals surface area contributed by atoms with Crippen molar-refractivity contribution in [2.45, 2.75) is 26.2 Å². The zero-order valence-corrected chi connectivity index (χ0v) is 9.87. The van der Waals surface area contributed by atoms with Crippen molar-refractivity contribution >= 4 is 17.1 Å². The van der Waals surface area contributed by atoms with Gasteiger partial charge in [0.25, 0.3) is 0 Å². The minimum atomic E-state index is 0.653. The number of nitrogens with two attached hydrogens (primary N) is 2. The molecule has 88 valence electrons. The Balaban J connectivity index is 1.91. The molecule has 0 aromatic heterocycles. The largest absolute Gasteiger partial charge is 0.397 e. The van der Waals surface area contributed by atoms with Gasteiger partial charge in [0.05, 0.1) is 11.4 Å². The molecule has 5 N–H and O–H groups in total. The summed E-state index contributed by atoms with van der Waals surface area (Å²) < 4.78 is 0. The van der Waals surface area contributed by atoms with Crippen LogP contribution in [0.3, 0.4) is 0 Å². The van der Waals surface area contributed by atoms with Gasteiger partial charge >= 0.3 is 0 Å². The van der Waals surface area contributed by atoms with E-state index in [2.05, 4.69) is 12.2 Å². The Morgan fingerprint density at radius 1 is 1.25 bits per heavy atom. The standard InChI is InChI=1S/C13H21N3/c1-9-3-2-4-10(9)8-16-11-5-6-12(14)13(15)7-11/h5-7,9-10,16H,2-4,8,14-15H2,1H3. The SMILES string of the molecule is CC1CCCC1CNc1ccc(N)c(N)c1. The number of rotatable bonds is 3. The van der Waals surface area contributed by atoms with Crippen LogP contribution in [0.1, 0.15) is 26.2 Å². The molecule has 1 aromatic rings. The summed E-state index contributed by atoms with van der Waals surface area (Å²) in [5, 5.41) is 3.45. The number of nitrogen functional groups attached to an aromatic ring is 2. The quantitative estimate of drug-likeness (QED) is 0.685. The van der Waals surface area contributed by atoms with Gasteiger partial charge in [0, 0.05) is 12.2 Å². The first kappa shape index (κ1) is 11.1. The highest BCUT2D eigenvalue weighted by Gasteiger charge is 2.22. The Kier molecular flexibility index (Phi) is 3.22. The maximum atomic E-state index is 5.77. The van der Waals surface area contributed by atoms with E-state index in [1.165, 1.54) is 19.3 Å². The summed E-state index contributed by atoms with van der Waals surface area (Å²) in [6.07, 6.45) is 4.09. The molecule has 1 aliphatic rings. The van der Waals surface area contributed by atoms with Crippen LogP contribution in [-0.4, -0.2) is 6.54 Å². The van der Waals surface area contributed by atoms with Gasteiger partial charge in [0.2, 0.25) is 0 Å². The topological polar surface area (TPSA) is 64.1 Å². The molecule has 0 aliphatic heterocycles. The van der Waals surface area contributed by atoms with Gasteiger partial charge in [-0.3, -0.25) is 0 Å². The molecule has 3 nitrogen and oxygen atoms in total. The predicted molar refractivity (Wildman–Crippen MR) is 70.3 cm³/mol. The van der Waals surface area contributed by atoms with E-state index in [4.69, 9.17) is 11.5 Å². The minimum absolute atomic E-state index is 0.653. The zero-order valence-electron chi connectivity index (χ0n) is 9.87. The summed E-state index contributed by atoms with van der Waals surface area (Å²) in [5.41, 5.74) is 13.8. The normalized spacial score (nSPS) is 24.6. The molecular weight excluding hydrogens is 198 g/mol. The van der Waals surface area contributed by atoms with Crippen molar-refractivity contribution in [2.24, 2.45) is 11.8 Å². The third-order valence-corrected chi connectivity index (χ3v) is 3.69. The molecule has 0 radical (unpaired) electrons. The van der Waals surface area contributed by atoms with Crippen molar-refractivity contribution in [1.82, 2.24) is 0 Å². The smallest absolute Gasteiger partial charge is 0.0568 e. The van der Waals surface area contributed by atoms with Gasteiger partial charge < -0.3 is 16.8 Å². The van der Waals surface area contributed by atoms with Crippen molar-refractivity contribution in [1.29, 1.82) is 0 Å². The van der Waals surface area contributed by atoms with Crippen LogP contribution in [0, 0.1) is 11.8 Å². The van der Waals surface area contributed by atoms with Crippen LogP contribution < -0.4 is 16.8 Å². The molecule has 0 heterocycles. The molecule has 3 heteroatoms. The fourth-order valence-electron chi connectivity index (χ4n) is 2.46. The van der Waals surface area contributed by atoms with E-state index in [1.54, 1.807) is 0 Å². The first-order chi connectivity index (χ1) is 7.66. The van der Waals surface area contributed by atoms with Crippen molar-refractivity contribution in [3.05, 3.63) is 18.2 Å². The maximum Gasteiger partial charge on any atom is 0.0568 e. The van der Waals surface area contributed by atoms with Crippen LogP contribution in [0.5, 0.6) is 0 Å². The van der Waals surface area contributed by atoms with E-state index >= 15 is 0 Å². The fourth-order valence-corrected chi connectivity index (χ4v) is 2.46. The molecule has 0 spiro atoms. The molecule has 0 bridgehead atoms. The third-order valence-electron chi connectivity index (χ3n) is 3.69. The third kappa shape index (κ3) is 2.40. The Hall–Kier alpha value is -1.38. The van der Waals surface area contributed by atoms with E-state index in [-0.39, 0.29) is 0 Å². The lowest BCUT2D eigenvalue weighted by Gasteiger charge is -2.17. The molecule has 2 atom stereocenters. The molecule has 0 saturated heterocycles. The number of nitrogens with one attached hydrogen (secondary N) is 1. The van der Waals surface area contributed by atoms with E-state index in [0.29, 0.717) is 11.4 Å². The molecular formula is C13H21N3. The number of anilines is 3. The molecule has 1 aliphatic carbocycles. The van der Waals surface area contributed by atoms with E-state index in [0.717, 1.165) is 24.1 Å². The monoisotopic (exact) mass is 219 g/mol. The molecule has 16 heavy (non-hydrogen) atoms. The highest BCUT2D eigenvalue weighted by Crippen LogP contribution is 2.31. The van der Waals surface area contributed by atoms with Crippen LogP contribution in [0.2, 0.25) is 0 Å². The second kappa shape index (κ2) is 4.64. The average molecular weight is 219 g/mol. The van der Waals surface area contributed by atoms with Gasteiger partial charge in [-0.05, 0) is 36.5 Å². The zero-order chi connectivity index (χ0) is 11.5. The number of hydrogen-bond donors (Lipinski definition) is 3. The summed E-state index contributed by atoms with van der Waals surface area (Å²) in [5.74, 6) is 1.65. The van der Waals surface area contributed by atoms with Gasteiger partial charge in [-0.1, -0.05) is 19.8 Å². The number of hydrogen-bond acceptors (Lipinski definition) is 3. The lowest BCUT2D eigenvalue weighted by atomic mass is 9.98. The molecule has 2 rings (SSSR count). The molecule has 1 aromatic carbocycles. The van der Waals surface area contributed by atoms with Crippen LogP contribution in [0.15, 0.2) is 18.2 Å². The molecule has 1 saturated carbocycles. The van der Waals surface area contributed by atoms with Crippen molar-refractivity contribution in [3.8, 4) is 0 Å². The first-order valence-electron chi connectivity index (χ1n) is 6.05. The maximum absolute atomic E-state index is 5.77. The van der Waals surface area contributed by atoms with Gasteiger partial charge in [0.15, 0.2) is 0 Å². The second-order valence-corrected chi connectivity index (χ2v) is 4.89. The van der Waals surface area contributed by atoms with Crippen LogP contribution in [0.4, 0.5) is 17.1 Å². The summed E-state index contributed by atoms with van der Waals surface area (Å²) in [6.45, 7) is 3.39. The van der Waals surface area contributed by atoms with Crippen molar-refractivity contribution in [3.63, 3.8) is 0 Å². The van der Waals surface area contributed by atoms with Crippen LogP contribution in [-0.2, 0) is 0 Å². The Labute approximate surface area is 97.2 Å². The van der Waals surface area contributed by atoms with Crippen LogP contribution in [0.25, 0.3) is 0 Å². The van der Waals surface area contributed by atoms with Crippen LogP contribution >= 0.6 is 0 Å². The highest BCUT2D eigenvalue weighted by atomic mass is 14.9. The van der Waals surface area contributed by atoms with E-state index < -0.39 is 0 Å². The van der Waals surface area contributed by atoms with Gasteiger partial charge in [0.1, 0.15) is 0 Å². The Bertz CT molecular complexity index is 362. The van der Waals surface area contributed by atoms with Gasteiger partial charge in [-0.2, -0.15) is 0 Å². The van der Waals surface area contributed by atoms with E-state index in [1.807, 2.05) is 18.2 Å². The summed E-state index contributed by atoms with van der Waals surface area (Å²) in [6, 6.07) is 5.76. The Morgan fingerprint density at radius 2 is 2.06 bits per heavy atom. The molecule has 2 unspecified atom stereocenters. The van der Waals surface area contributed by atoms with Crippen molar-refractivity contribution < 1.29 is 0 Å². The second-order valence-electron chi connectivity index (χ2n) is 4.89. The predicted octanol–water partition coefficient (Wildman–Crippen LogP) is 2.70. The first-order valence-corrected chi connectivity index (χ1v) is 6.05. The fraction of sp³-hybridized carbons (Fsp3) is 0.538. The highest BCUT2D eigenvalue weighted by molar-refractivity contribution is 5.69. The van der Waals surface area contributed by atoms with Crippen molar-refractivity contribution in [2.75, 3.05) is 23.3 Å². The van der Waals surface area contributed by atoms with E-state index in [9.17, 15) is 0 Å². The number of benzene rings is 1.